The number of carbonyl (C=O) groups is 1. The molecule has 3 rings (SSSR count). The van der Waals surface area contributed by atoms with Crippen LogP contribution in [0.25, 0.3) is 5.82 Å². The van der Waals surface area contributed by atoms with Crippen molar-refractivity contribution in [2.75, 3.05) is 0 Å². The van der Waals surface area contributed by atoms with E-state index in [1.165, 1.54) is 17.1 Å². The van der Waals surface area contributed by atoms with Crippen molar-refractivity contribution in [3.05, 3.63) is 58.5 Å². The number of sulfone groups is 1. The number of nitrogens with one attached hydrogen (secondary N) is 1. The average molecular weight is 482 g/mol. The maximum Gasteiger partial charge on any atom is 0.341 e. The topological polar surface area (TPSA) is 144 Å². The highest BCUT2D eigenvalue weighted by atomic mass is 35.5. The van der Waals surface area contributed by atoms with Gasteiger partial charge in [0.1, 0.15) is 23.9 Å². The number of nitrogens with zero attached hydrogens (tertiary/aromatic N) is 6. The summed E-state index contributed by atoms with van der Waals surface area (Å²) in [6, 6.07) is 5.28. The Morgan fingerprint density at radius 1 is 1.25 bits per heavy atom. The van der Waals surface area contributed by atoms with Gasteiger partial charge in [-0.2, -0.15) is 18.7 Å². The summed E-state index contributed by atoms with van der Waals surface area (Å²) >= 11 is 5.84. The zero-order valence-electron chi connectivity index (χ0n) is 16.5. The molecule has 32 heavy (non-hydrogen) atoms. The van der Waals surface area contributed by atoms with Crippen LogP contribution in [0.1, 0.15) is 40.7 Å². The monoisotopic (exact) mass is 481 g/mol. The number of nitriles is 1. The normalized spacial score (nSPS) is 12.4. The number of benzene rings is 1. The van der Waals surface area contributed by atoms with Gasteiger partial charge in [-0.25, -0.2) is 23.4 Å². The minimum absolute atomic E-state index is 0.0949. The molecule has 14 heteroatoms. The molecule has 0 aliphatic heterocycles. The molecular weight excluding hydrogens is 468 g/mol. The maximum absolute atomic E-state index is 12.9. The van der Waals surface area contributed by atoms with Crippen molar-refractivity contribution < 1.29 is 22.0 Å². The summed E-state index contributed by atoms with van der Waals surface area (Å²) in [4.78, 5) is 24.0. The Morgan fingerprint density at radius 3 is 2.62 bits per heavy atom. The Hall–Kier alpha value is -3.50. The van der Waals surface area contributed by atoms with Crippen LogP contribution in [0.2, 0.25) is 5.02 Å². The zero-order valence-corrected chi connectivity index (χ0v) is 18.1. The molecule has 0 unspecified atom stereocenters. The number of halogens is 3. The fourth-order valence-corrected chi connectivity index (χ4v) is 3.80. The van der Waals surface area contributed by atoms with Gasteiger partial charge in [-0.3, -0.25) is 4.79 Å². The highest BCUT2D eigenvalue weighted by Gasteiger charge is 2.28. The molecule has 3 aromatic rings. The number of hydrogen-bond donors (Lipinski definition) is 1. The Morgan fingerprint density at radius 2 is 1.97 bits per heavy atom. The number of aryl methyl sites for hydroxylation is 1. The van der Waals surface area contributed by atoms with Crippen LogP contribution in [0.3, 0.4) is 0 Å². The first-order valence-corrected chi connectivity index (χ1v) is 10.7. The quantitative estimate of drug-likeness (QED) is 0.565. The third-order valence-electron chi connectivity index (χ3n) is 4.15. The van der Waals surface area contributed by atoms with Crippen LogP contribution in [0, 0.1) is 18.3 Å². The van der Waals surface area contributed by atoms with Crippen LogP contribution in [0.15, 0.2) is 35.5 Å². The van der Waals surface area contributed by atoms with Gasteiger partial charge in [0, 0.05) is 16.7 Å². The van der Waals surface area contributed by atoms with E-state index >= 15 is 0 Å². The summed E-state index contributed by atoms with van der Waals surface area (Å²) in [7, 11) is -4.95. The van der Waals surface area contributed by atoms with E-state index in [1.807, 2.05) is 6.07 Å². The van der Waals surface area contributed by atoms with Crippen LogP contribution in [-0.4, -0.2) is 44.8 Å². The summed E-state index contributed by atoms with van der Waals surface area (Å²) in [5, 5.41) is 15.6. The molecule has 10 nitrogen and oxygen atoms in total. The molecule has 0 spiro atoms. The SMILES string of the molecule is Cc1nc([C@H](C)NC(=O)c2cc(Cl)cc(S(=O)(=O)C(F)F)c2)n(-c2cc(C#N)ncn2)n1. The van der Waals surface area contributed by atoms with E-state index in [2.05, 4.69) is 25.4 Å². The van der Waals surface area contributed by atoms with Gasteiger partial charge in [0.15, 0.2) is 11.6 Å². The third-order valence-corrected chi connectivity index (χ3v) is 5.73. The molecule has 0 saturated heterocycles. The number of aromatic nitrogens is 5. The number of carbonyl (C=O) groups excluding carboxylic acids is 1. The predicted molar refractivity (Wildman–Crippen MR) is 107 cm³/mol. The van der Waals surface area contributed by atoms with Crippen molar-refractivity contribution in [1.82, 2.24) is 30.0 Å². The molecule has 166 valence electrons. The second-order valence-electron chi connectivity index (χ2n) is 6.48. The van der Waals surface area contributed by atoms with Crippen LogP contribution in [0.4, 0.5) is 8.78 Å². The standard InChI is InChI=1S/C18H14ClF2N7O3S/c1-9(16-26-10(2)27-28(16)15-6-13(7-22)23-8-24-15)25-17(29)11-3-12(19)5-14(4-11)32(30,31)18(20)21/h3-6,8-9,18H,1-2H3,(H,25,29)/t9-/m0/s1. The molecule has 0 saturated carbocycles. The van der Waals surface area contributed by atoms with Crippen LogP contribution < -0.4 is 5.32 Å². The van der Waals surface area contributed by atoms with Crippen LogP contribution in [0.5, 0.6) is 0 Å². The van der Waals surface area contributed by atoms with Gasteiger partial charge in [0.2, 0.25) is 9.84 Å². The summed E-state index contributed by atoms with van der Waals surface area (Å²) in [5.41, 5.74) is -0.141. The van der Waals surface area contributed by atoms with Gasteiger partial charge in [0.05, 0.1) is 10.9 Å². The smallest absolute Gasteiger partial charge is 0.341 e. The molecule has 0 radical (unpaired) electrons. The molecule has 0 aliphatic rings. The molecular formula is C18H14ClF2N7O3S. The Labute approximate surface area is 185 Å². The minimum atomic E-state index is -4.95. The summed E-state index contributed by atoms with van der Waals surface area (Å²) in [6.45, 7) is 3.19. The predicted octanol–water partition coefficient (Wildman–Crippen LogP) is 2.38. The van der Waals surface area contributed by atoms with Gasteiger partial charge >= 0.3 is 5.76 Å². The average Bonchev–Trinajstić information content (AvgIpc) is 3.15. The summed E-state index contributed by atoms with van der Waals surface area (Å²) in [5.74, 6) is -3.60. The fourth-order valence-electron chi connectivity index (χ4n) is 2.71. The molecule has 1 amide bonds. The Balaban J connectivity index is 1.92. The van der Waals surface area contributed by atoms with E-state index in [0.29, 0.717) is 5.82 Å². The lowest BCUT2D eigenvalue weighted by Gasteiger charge is -2.15. The molecule has 1 atom stereocenters. The van der Waals surface area contributed by atoms with Gasteiger partial charge < -0.3 is 5.32 Å². The van der Waals surface area contributed by atoms with E-state index in [9.17, 15) is 22.0 Å². The largest absolute Gasteiger partial charge is 0.342 e. The highest BCUT2D eigenvalue weighted by molar-refractivity contribution is 7.91. The van der Waals surface area contributed by atoms with E-state index in [4.69, 9.17) is 16.9 Å². The van der Waals surface area contributed by atoms with Gasteiger partial charge in [-0.1, -0.05) is 11.6 Å². The molecule has 1 N–H and O–H groups in total. The summed E-state index contributed by atoms with van der Waals surface area (Å²) in [6.07, 6.45) is 1.18. The van der Waals surface area contributed by atoms with E-state index in [1.54, 1.807) is 13.8 Å². The van der Waals surface area contributed by atoms with E-state index in [-0.39, 0.29) is 27.9 Å². The molecule has 0 aliphatic carbocycles. The van der Waals surface area contributed by atoms with Crippen LogP contribution >= 0.6 is 11.6 Å². The molecule has 0 fully saturated rings. The number of hydrogen-bond acceptors (Lipinski definition) is 8. The van der Waals surface area contributed by atoms with Crippen molar-refractivity contribution in [2.45, 2.75) is 30.5 Å². The van der Waals surface area contributed by atoms with Gasteiger partial charge in [-0.05, 0) is 32.0 Å². The Bertz CT molecular complexity index is 1340. The van der Waals surface area contributed by atoms with Crippen molar-refractivity contribution in [1.29, 1.82) is 5.26 Å². The first-order valence-electron chi connectivity index (χ1n) is 8.82. The van der Waals surface area contributed by atoms with E-state index in [0.717, 1.165) is 18.2 Å². The number of rotatable bonds is 6. The zero-order chi connectivity index (χ0) is 23.6. The fraction of sp³-hybridized carbons (Fsp3) is 0.222. The van der Waals surface area contributed by atoms with Gasteiger partial charge in [0.25, 0.3) is 5.91 Å². The first-order chi connectivity index (χ1) is 15.0. The minimum Gasteiger partial charge on any atom is -0.342 e. The van der Waals surface area contributed by atoms with Crippen molar-refractivity contribution in [3.63, 3.8) is 0 Å². The van der Waals surface area contributed by atoms with Crippen LogP contribution in [-0.2, 0) is 9.84 Å². The van der Waals surface area contributed by atoms with Gasteiger partial charge in [-0.15, -0.1) is 5.10 Å². The molecule has 0 bridgehead atoms. The lowest BCUT2D eigenvalue weighted by molar-refractivity contribution is 0.0937. The lowest BCUT2D eigenvalue weighted by Crippen LogP contribution is -2.29. The van der Waals surface area contributed by atoms with Crippen molar-refractivity contribution >= 4 is 27.3 Å². The first kappa shape index (κ1) is 23.2. The second kappa shape index (κ2) is 8.93. The highest BCUT2D eigenvalue weighted by Crippen LogP contribution is 2.24. The molecule has 2 heterocycles. The Kier molecular flexibility index (Phi) is 6.47. The van der Waals surface area contributed by atoms with Crippen molar-refractivity contribution in [3.8, 4) is 11.9 Å². The summed E-state index contributed by atoms with van der Waals surface area (Å²) < 4.78 is 50.6. The second-order valence-corrected chi connectivity index (χ2v) is 8.83. The number of alkyl halides is 2. The van der Waals surface area contributed by atoms with E-state index < -0.39 is 32.4 Å². The maximum atomic E-state index is 12.9. The molecule has 2 aromatic heterocycles. The lowest BCUT2D eigenvalue weighted by atomic mass is 10.2. The third kappa shape index (κ3) is 4.71. The number of amides is 1. The van der Waals surface area contributed by atoms with Crippen molar-refractivity contribution in [2.24, 2.45) is 0 Å². The molecule has 1 aromatic carbocycles.